The molecule has 1 aliphatic rings. The molecule has 1 aromatic rings. The molecular weight excluding hydrogens is 384 g/mol. The Morgan fingerprint density at radius 2 is 2.14 bits per heavy atom. The lowest BCUT2D eigenvalue weighted by Crippen LogP contribution is -2.67. The van der Waals surface area contributed by atoms with Crippen molar-refractivity contribution in [2.45, 2.75) is 44.9 Å². The van der Waals surface area contributed by atoms with E-state index < -0.39 is 30.6 Å². The molecule has 1 heterocycles. The van der Waals surface area contributed by atoms with Crippen molar-refractivity contribution in [1.82, 2.24) is 16.0 Å². The van der Waals surface area contributed by atoms with E-state index >= 15 is 0 Å². The number of halogens is 2. The first-order valence-electron chi connectivity index (χ1n) is 9.14. The number of carbonyl (C=O) groups excluding carboxylic acids is 2. The summed E-state index contributed by atoms with van der Waals surface area (Å²) in [6.07, 6.45) is 1.84. The number of nitrogens with two attached hydrogens (primary N) is 1. The highest BCUT2D eigenvalue weighted by Crippen LogP contribution is 2.24. The predicted molar refractivity (Wildman–Crippen MR) is 104 cm³/mol. The van der Waals surface area contributed by atoms with Gasteiger partial charge in [0.15, 0.2) is 0 Å². The van der Waals surface area contributed by atoms with Gasteiger partial charge in [-0.2, -0.15) is 0 Å². The molecule has 0 spiro atoms. The maximum atomic E-state index is 12.9. The van der Waals surface area contributed by atoms with Gasteiger partial charge in [-0.25, -0.2) is 8.78 Å². The van der Waals surface area contributed by atoms with Gasteiger partial charge in [-0.05, 0) is 30.2 Å². The molecule has 29 heavy (non-hydrogen) atoms. The van der Waals surface area contributed by atoms with Gasteiger partial charge >= 0.3 is 0 Å². The number of nitrogens with one attached hydrogen (secondary N) is 3. The van der Waals surface area contributed by atoms with Crippen molar-refractivity contribution in [1.29, 1.82) is 0 Å². The zero-order chi connectivity index (χ0) is 21.4. The Labute approximate surface area is 167 Å². The third kappa shape index (κ3) is 5.74. The molecule has 2 amide bonds. The molecule has 2 rings (SSSR count). The highest BCUT2D eigenvalue weighted by Gasteiger charge is 2.39. The van der Waals surface area contributed by atoms with Crippen molar-refractivity contribution in [2.75, 3.05) is 6.61 Å². The van der Waals surface area contributed by atoms with Gasteiger partial charge in [0.05, 0.1) is 12.3 Å². The van der Waals surface area contributed by atoms with Crippen LogP contribution in [0.3, 0.4) is 0 Å². The Hall–Kier alpha value is -3.01. The topological polar surface area (TPSA) is 118 Å². The zero-order valence-electron chi connectivity index (χ0n) is 16.2. The normalized spacial score (nSPS) is 18.8. The first-order valence-corrected chi connectivity index (χ1v) is 9.14. The van der Waals surface area contributed by atoms with Crippen molar-refractivity contribution >= 4 is 18.0 Å². The summed E-state index contributed by atoms with van der Waals surface area (Å²) < 4.78 is 29.7. The Kier molecular flexibility index (Phi) is 7.66. The summed E-state index contributed by atoms with van der Waals surface area (Å²) in [4.78, 5) is 28.8. The van der Waals surface area contributed by atoms with Gasteiger partial charge < -0.3 is 26.4 Å². The van der Waals surface area contributed by atoms with Gasteiger partial charge in [-0.15, -0.1) is 0 Å². The zero-order valence-corrected chi connectivity index (χ0v) is 16.2. The molecule has 0 aromatic heterocycles. The number of alkyl halides is 2. The minimum absolute atomic E-state index is 0.127. The second-order valence-corrected chi connectivity index (χ2v) is 6.41. The smallest absolute Gasteiger partial charge is 0.272 e. The summed E-state index contributed by atoms with van der Waals surface area (Å²) in [6, 6.07) is 4.28. The molecule has 8 nitrogen and oxygen atoms in total. The summed E-state index contributed by atoms with van der Waals surface area (Å²) in [7, 11) is 0. The molecule has 2 atom stereocenters. The lowest BCUT2D eigenvalue weighted by atomic mass is 10.00. The summed E-state index contributed by atoms with van der Waals surface area (Å²) in [6.45, 7) is 2.83. The van der Waals surface area contributed by atoms with Crippen LogP contribution in [0.4, 0.5) is 8.78 Å². The van der Waals surface area contributed by atoms with Crippen LogP contribution in [-0.2, 0) is 16.1 Å². The molecule has 10 heteroatoms. The van der Waals surface area contributed by atoms with Crippen LogP contribution in [0.1, 0.15) is 37.4 Å². The molecule has 5 N–H and O–H groups in total. The quantitative estimate of drug-likeness (QED) is 0.491. The molecule has 0 aliphatic carbocycles. The maximum Gasteiger partial charge on any atom is 0.272 e. The number of nitrogens with zero attached hydrogens (tertiary/aromatic N) is 1. The van der Waals surface area contributed by atoms with Crippen molar-refractivity contribution < 1.29 is 23.1 Å². The molecule has 1 aliphatic heterocycles. The molecule has 2 unspecified atom stereocenters. The van der Waals surface area contributed by atoms with E-state index in [4.69, 9.17) is 10.5 Å². The summed E-state index contributed by atoms with van der Waals surface area (Å²) in [5, 5.41) is 8.28. The predicted octanol–water partition coefficient (Wildman–Crippen LogP) is 1.33. The van der Waals surface area contributed by atoms with Crippen LogP contribution in [-0.4, -0.2) is 36.7 Å². The molecule has 0 radical (unpaired) electrons. The first kappa shape index (κ1) is 22.3. The monoisotopic (exact) mass is 409 g/mol. The van der Waals surface area contributed by atoms with E-state index in [-0.39, 0.29) is 24.6 Å². The van der Waals surface area contributed by atoms with E-state index in [1.807, 2.05) is 0 Å². The average molecular weight is 409 g/mol. The number of rotatable bonds is 9. The highest BCUT2D eigenvalue weighted by molar-refractivity contribution is 6.06. The molecule has 1 aromatic carbocycles. The van der Waals surface area contributed by atoms with Gasteiger partial charge in [0.2, 0.25) is 11.6 Å². The first-order chi connectivity index (χ1) is 13.8. The fraction of sp³-hybridized carbons (Fsp3) is 0.421. The van der Waals surface area contributed by atoms with Gasteiger partial charge in [0, 0.05) is 25.4 Å². The van der Waals surface area contributed by atoms with Crippen molar-refractivity contribution in [3.8, 4) is 5.75 Å². The van der Waals surface area contributed by atoms with Gasteiger partial charge in [0.1, 0.15) is 12.4 Å². The van der Waals surface area contributed by atoms with Gasteiger partial charge in [-0.3, -0.25) is 14.6 Å². The van der Waals surface area contributed by atoms with Gasteiger partial charge in [0.25, 0.3) is 12.3 Å². The number of aliphatic imine (C=N–C) groups is 1. The molecule has 0 fully saturated rings. The number of hydrogen-bond acceptors (Lipinski definition) is 6. The number of ether oxygens (including phenoxy) is 1. The number of hydrogen-bond donors (Lipinski definition) is 4. The van der Waals surface area contributed by atoms with Crippen LogP contribution in [0.5, 0.6) is 5.75 Å². The van der Waals surface area contributed by atoms with Crippen LogP contribution >= 0.6 is 0 Å². The average Bonchev–Trinajstić information content (AvgIpc) is 2.72. The third-order valence-corrected chi connectivity index (χ3v) is 4.28. The maximum absolute atomic E-state index is 12.9. The van der Waals surface area contributed by atoms with E-state index in [1.165, 1.54) is 24.7 Å². The highest BCUT2D eigenvalue weighted by atomic mass is 19.3. The fourth-order valence-corrected chi connectivity index (χ4v) is 2.78. The Morgan fingerprint density at radius 3 is 2.72 bits per heavy atom. The molecule has 0 saturated carbocycles. The molecule has 158 valence electrons. The van der Waals surface area contributed by atoms with E-state index in [9.17, 15) is 18.4 Å². The molecular formula is C19H25F2N5O3. The largest absolute Gasteiger partial charge is 0.488 e. The Balaban J connectivity index is 2.17. The number of carbonyl (C=O) groups is 2. The Morgan fingerprint density at radius 1 is 1.38 bits per heavy atom. The van der Waals surface area contributed by atoms with Gasteiger partial charge in [-0.1, -0.05) is 13.0 Å². The molecule has 0 saturated heterocycles. The van der Waals surface area contributed by atoms with Crippen molar-refractivity contribution in [2.24, 2.45) is 10.7 Å². The van der Waals surface area contributed by atoms with E-state index in [1.54, 1.807) is 26.0 Å². The van der Waals surface area contributed by atoms with Crippen LogP contribution in [0, 0.1) is 0 Å². The number of benzene rings is 1. The lowest BCUT2D eigenvalue weighted by Gasteiger charge is -2.32. The van der Waals surface area contributed by atoms with Crippen molar-refractivity contribution in [3.05, 3.63) is 41.7 Å². The van der Waals surface area contributed by atoms with Crippen molar-refractivity contribution in [3.63, 3.8) is 0 Å². The van der Waals surface area contributed by atoms with Crippen LogP contribution in [0.25, 0.3) is 0 Å². The van der Waals surface area contributed by atoms with Crippen LogP contribution in [0.15, 0.2) is 35.6 Å². The van der Waals surface area contributed by atoms with E-state index in [0.717, 1.165) is 0 Å². The lowest BCUT2D eigenvalue weighted by molar-refractivity contribution is -0.132. The SMILES string of the molecule is CCC(=O)NC1(C(=O)NC(C)c2ccc(OCC(F)F)cc2CN)C=NC=CN1. The number of amides is 2. The summed E-state index contributed by atoms with van der Waals surface area (Å²) in [5.41, 5.74) is 5.61. The summed E-state index contributed by atoms with van der Waals surface area (Å²) >= 11 is 0. The minimum atomic E-state index is -2.58. The van der Waals surface area contributed by atoms with Crippen LogP contribution < -0.4 is 26.4 Å². The minimum Gasteiger partial charge on any atom is -0.488 e. The summed E-state index contributed by atoms with van der Waals surface area (Å²) in [5.74, 6) is -0.572. The third-order valence-electron chi connectivity index (χ3n) is 4.28. The standard InChI is InChI=1S/C19H25F2N5O3/c1-3-17(27)26-19(11-23-6-7-24-19)18(28)25-12(2)15-5-4-14(8-13(15)9-22)29-10-16(20)21/h4-8,11-12,16,24H,3,9-10,22H2,1-2H3,(H,25,28)(H,26,27). The fourth-order valence-electron chi connectivity index (χ4n) is 2.78. The second-order valence-electron chi connectivity index (χ2n) is 6.41. The Bertz CT molecular complexity index is 800. The van der Waals surface area contributed by atoms with E-state index in [2.05, 4.69) is 20.9 Å². The van der Waals surface area contributed by atoms with E-state index in [0.29, 0.717) is 11.1 Å². The van der Waals surface area contributed by atoms with Crippen LogP contribution in [0.2, 0.25) is 0 Å². The molecule has 0 bridgehead atoms. The second kappa shape index (κ2) is 9.97.